The second kappa shape index (κ2) is 9.65. The number of thioether (sulfide) groups is 1. The number of hydrogen-bond donors (Lipinski definition) is 1. The van der Waals surface area contributed by atoms with E-state index in [0.29, 0.717) is 23.7 Å². The molecule has 7 heteroatoms. The van der Waals surface area contributed by atoms with Gasteiger partial charge in [0.25, 0.3) is 5.91 Å². The molecule has 0 fully saturated rings. The topological polar surface area (TPSA) is 73.6 Å². The number of fused-ring (bicyclic) bond motifs is 1. The summed E-state index contributed by atoms with van der Waals surface area (Å²) in [5.74, 6) is 3.38. The van der Waals surface area contributed by atoms with Crippen molar-refractivity contribution in [3.05, 3.63) is 94.9 Å². The van der Waals surface area contributed by atoms with Crippen LogP contribution >= 0.6 is 11.8 Å². The molecule has 0 atom stereocenters. The number of rotatable bonds is 7. The standard InChI is InChI=1S/C27H24N2O4S/c1-17-3-10-22(11-4-17)34-15-23-18(2)33-27(29-23)21-8-6-20(7-9-21)26(30)28-14-19-5-12-24-25(13-19)32-16-31-24/h3-13H,14-16H2,1-2H3,(H,28,30). The van der Waals surface area contributed by atoms with E-state index in [9.17, 15) is 4.79 Å². The molecule has 0 spiro atoms. The summed E-state index contributed by atoms with van der Waals surface area (Å²) >= 11 is 1.73. The van der Waals surface area contributed by atoms with E-state index < -0.39 is 0 Å². The van der Waals surface area contributed by atoms with E-state index in [2.05, 4.69) is 41.5 Å². The zero-order valence-electron chi connectivity index (χ0n) is 19.0. The van der Waals surface area contributed by atoms with Gasteiger partial charge < -0.3 is 19.2 Å². The van der Waals surface area contributed by atoms with Crippen LogP contribution in [-0.4, -0.2) is 17.7 Å². The lowest BCUT2D eigenvalue weighted by Gasteiger charge is -2.07. The van der Waals surface area contributed by atoms with Crippen molar-refractivity contribution < 1.29 is 18.7 Å². The van der Waals surface area contributed by atoms with E-state index in [4.69, 9.17) is 13.9 Å². The van der Waals surface area contributed by atoms with Crippen LogP contribution in [0.25, 0.3) is 11.5 Å². The zero-order valence-corrected chi connectivity index (χ0v) is 19.8. The van der Waals surface area contributed by atoms with Gasteiger partial charge in [-0.25, -0.2) is 4.98 Å². The predicted octanol–water partition coefficient (Wildman–Crippen LogP) is 5.91. The number of nitrogens with one attached hydrogen (secondary N) is 1. The van der Waals surface area contributed by atoms with Crippen molar-refractivity contribution in [1.29, 1.82) is 0 Å². The summed E-state index contributed by atoms with van der Waals surface area (Å²) in [7, 11) is 0. The van der Waals surface area contributed by atoms with Gasteiger partial charge in [0.05, 0.1) is 5.69 Å². The summed E-state index contributed by atoms with van der Waals surface area (Å²) in [5.41, 5.74) is 4.52. The fourth-order valence-electron chi connectivity index (χ4n) is 3.57. The highest BCUT2D eigenvalue weighted by Crippen LogP contribution is 2.32. The fraction of sp³-hybridized carbons (Fsp3) is 0.185. The van der Waals surface area contributed by atoms with Crippen molar-refractivity contribution in [2.75, 3.05) is 6.79 Å². The van der Waals surface area contributed by atoms with Gasteiger partial charge in [-0.1, -0.05) is 23.8 Å². The molecule has 3 aromatic carbocycles. The minimum Gasteiger partial charge on any atom is -0.454 e. The van der Waals surface area contributed by atoms with Gasteiger partial charge in [0.1, 0.15) is 5.76 Å². The molecule has 1 amide bonds. The predicted molar refractivity (Wildman–Crippen MR) is 131 cm³/mol. The molecule has 34 heavy (non-hydrogen) atoms. The Morgan fingerprint density at radius 1 is 0.971 bits per heavy atom. The number of amides is 1. The highest BCUT2D eigenvalue weighted by atomic mass is 32.2. The number of hydrogen-bond acceptors (Lipinski definition) is 6. The van der Waals surface area contributed by atoms with Crippen molar-refractivity contribution in [2.24, 2.45) is 0 Å². The SMILES string of the molecule is Cc1ccc(SCc2nc(-c3ccc(C(=O)NCc4ccc5c(c4)OCO5)cc3)oc2C)cc1. The van der Waals surface area contributed by atoms with E-state index in [0.717, 1.165) is 34.1 Å². The van der Waals surface area contributed by atoms with Crippen molar-refractivity contribution >= 4 is 17.7 Å². The van der Waals surface area contributed by atoms with E-state index in [1.807, 2.05) is 37.3 Å². The number of ether oxygens (including phenoxy) is 2. The number of nitrogens with zero attached hydrogens (tertiary/aromatic N) is 1. The first-order valence-corrected chi connectivity index (χ1v) is 12.0. The maximum absolute atomic E-state index is 12.6. The van der Waals surface area contributed by atoms with Gasteiger partial charge in [0.15, 0.2) is 11.5 Å². The molecule has 1 aliphatic rings. The monoisotopic (exact) mass is 472 g/mol. The van der Waals surface area contributed by atoms with Crippen LogP contribution in [0.4, 0.5) is 0 Å². The van der Waals surface area contributed by atoms with Gasteiger partial charge in [-0.3, -0.25) is 4.79 Å². The molecule has 0 bridgehead atoms. The molecule has 2 heterocycles. The Balaban J connectivity index is 1.20. The van der Waals surface area contributed by atoms with Crippen molar-refractivity contribution in [2.45, 2.75) is 31.0 Å². The molecule has 0 saturated carbocycles. The summed E-state index contributed by atoms with van der Waals surface area (Å²) in [4.78, 5) is 18.5. The lowest BCUT2D eigenvalue weighted by atomic mass is 10.1. The Kier molecular flexibility index (Phi) is 6.27. The minimum absolute atomic E-state index is 0.150. The van der Waals surface area contributed by atoms with Gasteiger partial charge in [0, 0.05) is 28.3 Å². The summed E-state index contributed by atoms with van der Waals surface area (Å²) < 4.78 is 16.6. The van der Waals surface area contributed by atoms with Crippen LogP contribution in [-0.2, 0) is 12.3 Å². The first-order chi connectivity index (χ1) is 16.5. The Hall–Kier alpha value is -3.71. The Labute approximate surface area is 202 Å². The number of carbonyl (C=O) groups is 1. The smallest absolute Gasteiger partial charge is 0.251 e. The molecular formula is C27H24N2O4S. The molecule has 1 aliphatic heterocycles. The molecule has 1 N–H and O–H groups in total. The Morgan fingerprint density at radius 3 is 2.53 bits per heavy atom. The molecule has 0 radical (unpaired) electrons. The third-order valence-electron chi connectivity index (χ3n) is 5.57. The highest BCUT2D eigenvalue weighted by molar-refractivity contribution is 7.98. The van der Waals surface area contributed by atoms with Gasteiger partial charge in [-0.15, -0.1) is 11.8 Å². The lowest BCUT2D eigenvalue weighted by molar-refractivity contribution is 0.0951. The second-order valence-electron chi connectivity index (χ2n) is 8.07. The van der Waals surface area contributed by atoms with Gasteiger partial charge in [-0.2, -0.15) is 0 Å². The van der Waals surface area contributed by atoms with Crippen LogP contribution in [0.3, 0.4) is 0 Å². The number of oxazole rings is 1. The molecule has 6 nitrogen and oxygen atoms in total. The van der Waals surface area contributed by atoms with Crippen LogP contribution in [0, 0.1) is 13.8 Å². The highest BCUT2D eigenvalue weighted by Gasteiger charge is 2.15. The number of carbonyl (C=O) groups excluding carboxylic acids is 1. The maximum Gasteiger partial charge on any atom is 0.251 e. The van der Waals surface area contributed by atoms with Crippen LogP contribution in [0.1, 0.15) is 32.9 Å². The molecular weight excluding hydrogens is 448 g/mol. The largest absolute Gasteiger partial charge is 0.454 e. The van der Waals surface area contributed by atoms with Gasteiger partial charge >= 0.3 is 0 Å². The third kappa shape index (κ3) is 4.94. The van der Waals surface area contributed by atoms with E-state index >= 15 is 0 Å². The van der Waals surface area contributed by atoms with Crippen molar-refractivity contribution in [3.8, 4) is 23.0 Å². The van der Waals surface area contributed by atoms with Gasteiger partial charge in [-0.05, 0) is 67.9 Å². The minimum atomic E-state index is -0.150. The Bertz CT molecular complexity index is 1310. The van der Waals surface area contributed by atoms with Crippen LogP contribution in [0.15, 0.2) is 76.0 Å². The summed E-state index contributed by atoms with van der Waals surface area (Å²) in [6.07, 6.45) is 0. The third-order valence-corrected chi connectivity index (χ3v) is 6.60. The summed E-state index contributed by atoms with van der Waals surface area (Å²) in [5, 5.41) is 2.94. The molecule has 5 rings (SSSR count). The van der Waals surface area contributed by atoms with Crippen LogP contribution in [0.5, 0.6) is 11.5 Å². The van der Waals surface area contributed by atoms with Crippen LogP contribution < -0.4 is 14.8 Å². The normalized spacial score (nSPS) is 12.1. The zero-order chi connectivity index (χ0) is 23.5. The average molecular weight is 473 g/mol. The number of benzene rings is 3. The van der Waals surface area contributed by atoms with Gasteiger partial charge in [0.2, 0.25) is 12.7 Å². The first-order valence-electron chi connectivity index (χ1n) is 11.0. The van der Waals surface area contributed by atoms with Crippen molar-refractivity contribution in [3.63, 3.8) is 0 Å². The molecule has 4 aromatic rings. The maximum atomic E-state index is 12.6. The molecule has 1 aromatic heterocycles. The Morgan fingerprint density at radius 2 is 1.74 bits per heavy atom. The first kappa shape index (κ1) is 22.1. The molecule has 172 valence electrons. The van der Waals surface area contributed by atoms with E-state index in [1.165, 1.54) is 10.5 Å². The lowest BCUT2D eigenvalue weighted by Crippen LogP contribution is -2.22. The van der Waals surface area contributed by atoms with Crippen molar-refractivity contribution in [1.82, 2.24) is 10.3 Å². The van der Waals surface area contributed by atoms with Crippen LogP contribution in [0.2, 0.25) is 0 Å². The number of aromatic nitrogens is 1. The molecule has 0 aliphatic carbocycles. The average Bonchev–Trinajstić information content (AvgIpc) is 3.48. The quantitative estimate of drug-likeness (QED) is 0.337. The van der Waals surface area contributed by atoms with E-state index in [1.54, 1.807) is 23.9 Å². The van der Waals surface area contributed by atoms with E-state index in [-0.39, 0.29) is 12.7 Å². The summed E-state index contributed by atoms with van der Waals surface area (Å²) in [6.45, 7) is 4.64. The second-order valence-corrected chi connectivity index (χ2v) is 9.12. The molecule has 0 unspecified atom stereocenters. The fourth-order valence-corrected chi connectivity index (χ4v) is 4.47. The number of aryl methyl sites for hydroxylation is 2. The molecule has 0 saturated heterocycles. The summed E-state index contributed by atoms with van der Waals surface area (Å²) in [6, 6.07) is 21.4.